The van der Waals surface area contributed by atoms with Crippen LogP contribution in [0, 0.1) is 0 Å². The molecule has 0 bridgehead atoms. The molecule has 0 saturated carbocycles. The van der Waals surface area contributed by atoms with Crippen LogP contribution < -0.4 is 26.2 Å². The number of rotatable bonds is 4. The van der Waals surface area contributed by atoms with Crippen LogP contribution in [-0.2, 0) is 5.41 Å². The molecule has 0 radical (unpaired) electrons. The summed E-state index contributed by atoms with van der Waals surface area (Å²) in [5, 5.41) is 1.44. The molecule has 246 valence electrons. The van der Waals surface area contributed by atoms with Crippen molar-refractivity contribution in [3.8, 4) is 22.3 Å². The molecular formula is C46H35BCl2N2. The quantitative estimate of drug-likeness (QED) is 0.169. The molecule has 2 nitrogen and oxygen atoms in total. The van der Waals surface area contributed by atoms with E-state index in [0.29, 0.717) is 0 Å². The molecule has 0 fully saturated rings. The van der Waals surface area contributed by atoms with Crippen LogP contribution in [0.4, 0.5) is 34.1 Å². The van der Waals surface area contributed by atoms with Crippen LogP contribution >= 0.6 is 23.2 Å². The van der Waals surface area contributed by atoms with Gasteiger partial charge in [0.25, 0.3) is 6.71 Å². The van der Waals surface area contributed by atoms with E-state index < -0.39 is 0 Å². The van der Waals surface area contributed by atoms with Crippen LogP contribution in [0.5, 0.6) is 0 Å². The average Bonchev–Trinajstić information content (AvgIpc) is 3.16. The first-order valence-electron chi connectivity index (χ1n) is 17.4. The summed E-state index contributed by atoms with van der Waals surface area (Å²) in [6, 6.07) is 56.2. The van der Waals surface area contributed by atoms with Crippen molar-refractivity contribution in [2.75, 3.05) is 9.80 Å². The molecule has 0 saturated heterocycles. The van der Waals surface area contributed by atoms with E-state index in [-0.39, 0.29) is 12.1 Å². The van der Waals surface area contributed by atoms with Crippen molar-refractivity contribution < 1.29 is 0 Å². The van der Waals surface area contributed by atoms with E-state index in [1.54, 1.807) is 0 Å². The number of nitrogens with zero attached hydrogens (tertiary/aromatic N) is 2. The Morgan fingerprint density at radius 1 is 0.451 bits per heavy atom. The van der Waals surface area contributed by atoms with Gasteiger partial charge in [-0.25, -0.2) is 0 Å². The van der Waals surface area contributed by atoms with Gasteiger partial charge >= 0.3 is 0 Å². The summed E-state index contributed by atoms with van der Waals surface area (Å²) in [6.07, 6.45) is 0. The fourth-order valence-corrected chi connectivity index (χ4v) is 8.38. The van der Waals surface area contributed by atoms with Gasteiger partial charge in [0, 0.05) is 22.7 Å². The maximum absolute atomic E-state index is 7.26. The number of hydrogen-bond donors (Lipinski definition) is 0. The van der Waals surface area contributed by atoms with Crippen molar-refractivity contribution in [3.05, 3.63) is 173 Å². The lowest BCUT2D eigenvalue weighted by Gasteiger charge is -2.45. The Hall–Kier alpha value is -5.22. The summed E-state index contributed by atoms with van der Waals surface area (Å²) in [7, 11) is 0. The lowest BCUT2D eigenvalue weighted by atomic mass is 9.33. The molecule has 0 aliphatic carbocycles. The van der Waals surface area contributed by atoms with Crippen LogP contribution in [0.15, 0.2) is 158 Å². The zero-order chi connectivity index (χ0) is 34.9. The highest BCUT2D eigenvalue weighted by atomic mass is 35.5. The summed E-state index contributed by atoms with van der Waals surface area (Å²) in [5.41, 5.74) is 15.8. The molecule has 0 amide bonds. The molecule has 0 N–H and O–H groups in total. The third kappa shape index (κ3) is 5.26. The SMILES string of the molecule is CC(C)(C)c1cc2c3c(c1)N(c1ccc(-c4ccccc4)cc1)c1c(Cl)cccc1B3c1cccc(Cl)c1N2c1ccc(-c2ccccc2)cc1. The smallest absolute Gasteiger partial charge is 0.252 e. The highest BCUT2D eigenvalue weighted by Crippen LogP contribution is 2.49. The Kier molecular flexibility index (Phi) is 7.61. The van der Waals surface area contributed by atoms with Crippen LogP contribution in [0.2, 0.25) is 10.0 Å². The molecule has 7 aromatic carbocycles. The van der Waals surface area contributed by atoms with Crippen LogP contribution in [0.3, 0.4) is 0 Å². The first kappa shape index (κ1) is 31.7. The van der Waals surface area contributed by atoms with Crippen LogP contribution in [-0.4, -0.2) is 6.71 Å². The third-order valence-corrected chi connectivity index (χ3v) is 11.0. The number of fused-ring (bicyclic) bond motifs is 4. The minimum atomic E-state index is -0.131. The van der Waals surface area contributed by atoms with Crippen molar-refractivity contribution in [1.29, 1.82) is 0 Å². The highest BCUT2D eigenvalue weighted by Gasteiger charge is 2.45. The van der Waals surface area contributed by atoms with Gasteiger partial charge in [0.05, 0.1) is 21.4 Å². The molecule has 0 spiro atoms. The molecule has 9 rings (SSSR count). The molecule has 2 aliphatic heterocycles. The predicted molar refractivity (Wildman–Crippen MR) is 220 cm³/mol. The number of anilines is 6. The molecule has 0 aromatic heterocycles. The minimum Gasteiger partial charge on any atom is -0.310 e. The average molecular weight is 698 g/mol. The number of hydrogen-bond acceptors (Lipinski definition) is 2. The predicted octanol–water partition coefficient (Wildman–Crippen LogP) is 11.7. The topological polar surface area (TPSA) is 6.48 Å². The molecular weight excluding hydrogens is 662 g/mol. The maximum atomic E-state index is 7.26. The van der Waals surface area contributed by atoms with Gasteiger partial charge in [0.1, 0.15) is 0 Å². The van der Waals surface area contributed by atoms with E-state index in [2.05, 4.69) is 176 Å². The summed E-state index contributed by atoms with van der Waals surface area (Å²) in [6.45, 7) is 6.78. The lowest BCUT2D eigenvalue weighted by Crippen LogP contribution is -2.61. The Morgan fingerprint density at radius 2 is 0.843 bits per heavy atom. The Bertz CT molecular complexity index is 2260. The lowest BCUT2D eigenvalue weighted by molar-refractivity contribution is 0.590. The third-order valence-electron chi connectivity index (χ3n) is 10.3. The van der Waals surface area contributed by atoms with Gasteiger partial charge in [-0.3, -0.25) is 0 Å². The summed E-state index contributed by atoms with van der Waals surface area (Å²) in [4.78, 5) is 4.76. The number of benzene rings is 7. The van der Waals surface area contributed by atoms with Gasteiger partial charge in [-0.15, -0.1) is 0 Å². The normalized spacial score (nSPS) is 13.1. The Labute approximate surface area is 310 Å². The van der Waals surface area contributed by atoms with Crippen LogP contribution in [0.25, 0.3) is 22.3 Å². The second-order valence-corrected chi connectivity index (χ2v) is 15.3. The van der Waals surface area contributed by atoms with Gasteiger partial charge in [0.15, 0.2) is 0 Å². The maximum Gasteiger partial charge on any atom is 0.252 e. The molecule has 0 unspecified atom stereocenters. The van der Waals surface area contributed by atoms with Crippen molar-refractivity contribution in [1.82, 2.24) is 0 Å². The molecule has 7 aromatic rings. The second-order valence-electron chi connectivity index (χ2n) is 14.5. The number of halogens is 2. The number of para-hydroxylation sites is 2. The van der Waals surface area contributed by atoms with Gasteiger partial charge in [0.2, 0.25) is 0 Å². The molecule has 51 heavy (non-hydrogen) atoms. The van der Waals surface area contributed by atoms with E-state index >= 15 is 0 Å². The molecule has 0 atom stereocenters. The first-order valence-corrected chi connectivity index (χ1v) is 18.2. The van der Waals surface area contributed by atoms with E-state index in [1.165, 1.54) is 33.3 Å². The molecule has 2 aliphatic rings. The first-order chi connectivity index (χ1) is 24.8. The second kappa shape index (κ2) is 12.2. The summed E-state index contributed by atoms with van der Waals surface area (Å²) < 4.78 is 0. The summed E-state index contributed by atoms with van der Waals surface area (Å²) in [5.74, 6) is 0. The van der Waals surface area contributed by atoms with Crippen molar-refractivity contribution in [3.63, 3.8) is 0 Å². The van der Waals surface area contributed by atoms with Gasteiger partial charge < -0.3 is 9.80 Å². The van der Waals surface area contributed by atoms with Gasteiger partial charge in [-0.2, -0.15) is 0 Å². The summed E-state index contributed by atoms with van der Waals surface area (Å²) >= 11 is 14.5. The minimum absolute atomic E-state index is 0.0638. The zero-order valence-corrected chi connectivity index (χ0v) is 30.3. The van der Waals surface area contributed by atoms with E-state index in [0.717, 1.165) is 55.1 Å². The van der Waals surface area contributed by atoms with Gasteiger partial charge in [-0.1, -0.05) is 153 Å². The van der Waals surface area contributed by atoms with Crippen molar-refractivity contribution in [2.45, 2.75) is 26.2 Å². The zero-order valence-electron chi connectivity index (χ0n) is 28.7. The Morgan fingerprint density at radius 3 is 1.24 bits per heavy atom. The fraction of sp³-hybridized carbons (Fsp3) is 0.0870. The van der Waals surface area contributed by atoms with E-state index in [9.17, 15) is 0 Å². The van der Waals surface area contributed by atoms with Crippen LogP contribution in [0.1, 0.15) is 26.3 Å². The fourth-order valence-electron chi connectivity index (χ4n) is 7.85. The van der Waals surface area contributed by atoms with Crippen molar-refractivity contribution >= 4 is 80.4 Å². The monoisotopic (exact) mass is 696 g/mol. The standard InChI is InChI=1S/C46H35BCl2N2/c1-46(2,3)34-28-41-43-42(29-34)51(36-26-22-33(23-27-36)31-14-8-5-9-15-31)45-38(17-11-19-40(45)49)47(43)37-16-10-18-39(48)44(37)50(41)35-24-20-32(21-25-35)30-12-6-4-7-13-30/h4-29H,1-3H3. The molecule has 5 heteroatoms. The van der Waals surface area contributed by atoms with Gasteiger partial charge in [-0.05, 0) is 98.2 Å². The Balaban J connectivity index is 1.31. The van der Waals surface area contributed by atoms with E-state index in [4.69, 9.17) is 23.2 Å². The molecule has 2 heterocycles. The van der Waals surface area contributed by atoms with E-state index in [1.807, 2.05) is 12.1 Å². The highest BCUT2D eigenvalue weighted by molar-refractivity contribution is 7.00. The largest absolute Gasteiger partial charge is 0.310 e. The van der Waals surface area contributed by atoms with Crippen molar-refractivity contribution in [2.24, 2.45) is 0 Å².